The molecule has 0 saturated heterocycles. The molecule has 5 nitrogen and oxygen atoms in total. The number of pyridine rings is 2. The van der Waals surface area contributed by atoms with Crippen LogP contribution in [0.5, 0.6) is 5.75 Å². The Morgan fingerprint density at radius 1 is 1.15 bits per heavy atom. The highest BCUT2D eigenvalue weighted by Gasteiger charge is 2.16. The van der Waals surface area contributed by atoms with Crippen LogP contribution < -0.4 is 4.74 Å². The second kappa shape index (κ2) is 7.52. The summed E-state index contributed by atoms with van der Waals surface area (Å²) in [6, 6.07) is 9.83. The second-order valence-electron chi connectivity index (χ2n) is 6.46. The number of hydrogen-bond donors (Lipinski definition) is 0. The first-order valence-corrected chi connectivity index (χ1v) is 8.57. The van der Waals surface area contributed by atoms with Crippen LogP contribution in [0.15, 0.2) is 42.7 Å². The van der Waals surface area contributed by atoms with Crippen molar-refractivity contribution in [3.05, 3.63) is 65.1 Å². The van der Waals surface area contributed by atoms with Crippen LogP contribution in [0.3, 0.4) is 0 Å². The van der Waals surface area contributed by atoms with Crippen molar-refractivity contribution in [2.24, 2.45) is 0 Å². The Bertz CT molecular complexity index is 948. The molecule has 0 atom stereocenters. The summed E-state index contributed by atoms with van der Waals surface area (Å²) in [5.74, 6) is 0.859. The van der Waals surface area contributed by atoms with Gasteiger partial charge in [0.1, 0.15) is 5.75 Å². The van der Waals surface area contributed by atoms with Gasteiger partial charge in [-0.15, -0.1) is 0 Å². The minimum absolute atomic E-state index is 0.0314. The fraction of sp³-hybridized carbons (Fsp3) is 0.286. The third-order valence-corrected chi connectivity index (χ3v) is 4.62. The van der Waals surface area contributed by atoms with Crippen molar-refractivity contribution >= 4 is 16.8 Å². The predicted octanol–water partition coefficient (Wildman–Crippen LogP) is 3.46. The van der Waals surface area contributed by atoms with E-state index in [2.05, 4.69) is 9.97 Å². The number of ether oxygens (including phenoxy) is 1. The van der Waals surface area contributed by atoms with Crippen molar-refractivity contribution in [1.29, 1.82) is 0 Å². The smallest absolute Gasteiger partial charge is 0.227 e. The quantitative estimate of drug-likeness (QED) is 0.708. The van der Waals surface area contributed by atoms with E-state index in [-0.39, 0.29) is 5.91 Å². The van der Waals surface area contributed by atoms with Gasteiger partial charge in [-0.2, -0.15) is 0 Å². The number of carbonyl (C=O) groups excluding carboxylic acids is 1. The van der Waals surface area contributed by atoms with Gasteiger partial charge >= 0.3 is 0 Å². The molecule has 0 aliphatic heterocycles. The third-order valence-electron chi connectivity index (χ3n) is 4.62. The molecule has 3 aromatic rings. The number of likely N-dealkylation sites (N-methyl/N-ethyl adjacent to an activating group) is 1. The maximum absolute atomic E-state index is 12.7. The van der Waals surface area contributed by atoms with Crippen molar-refractivity contribution in [3.8, 4) is 5.75 Å². The predicted molar refractivity (Wildman–Crippen MR) is 102 cm³/mol. The van der Waals surface area contributed by atoms with Gasteiger partial charge < -0.3 is 9.64 Å². The summed E-state index contributed by atoms with van der Waals surface area (Å²) in [6.45, 7) is 4.38. The molecule has 0 aliphatic carbocycles. The largest absolute Gasteiger partial charge is 0.496 e. The number of carbonyl (C=O) groups is 1. The number of para-hydroxylation sites is 1. The second-order valence-corrected chi connectivity index (χ2v) is 6.46. The fourth-order valence-electron chi connectivity index (χ4n) is 3.15. The lowest BCUT2D eigenvalue weighted by Crippen LogP contribution is -2.28. The van der Waals surface area contributed by atoms with Crippen LogP contribution in [0.25, 0.3) is 10.9 Å². The van der Waals surface area contributed by atoms with Crippen LogP contribution in [-0.4, -0.2) is 34.9 Å². The topological polar surface area (TPSA) is 55.3 Å². The molecule has 2 heterocycles. The first-order valence-electron chi connectivity index (χ1n) is 8.57. The molecular weight excluding hydrogens is 326 g/mol. The Labute approximate surface area is 153 Å². The molecular formula is C21H23N3O2. The van der Waals surface area contributed by atoms with Crippen molar-refractivity contribution in [2.45, 2.75) is 26.8 Å². The molecule has 5 heteroatoms. The van der Waals surface area contributed by atoms with Gasteiger partial charge in [0.05, 0.1) is 31.3 Å². The summed E-state index contributed by atoms with van der Waals surface area (Å²) in [4.78, 5) is 23.3. The van der Waals surface area contributed by atoms with Crippen LogP contribution in [-0.2, 0) is 17.8 Å². The van der Waals surface area contributed by atoms with Crippen molar-refractivity contribution < 1.29 is 9.53 Å². The molecule has 1 amide bonds. The van der Waals surface area contributed by atoms with E-state index in [1.54, 1.807) is 31.5 Å². The lowest BCUT2D eigenvalue weighted by molar-refractivity contribution is -0.129. The highest BCUT2D eigenvalue weighted by atomic mass is 16.5. The third kappa shape index (κ3) is 3.52. The van der Waals surface area contributed by atoms with Crippen molar-refractivity contribution in [1.82, 2.24) is 14.9 Å². The number of aromatic nitrogens is 2. The van der Waals surface area contributed by atoms with Crippen molar-refractivity contribution in [2.75, 3.05) is 14.2 Å². The van der Waals surface area contributed by atoms with E-state index >= 15 is 0 Å². The molecule has 0 bridgehead atoms. The minimum atomic E-state index is 0.0314. The molecule has 0 N–H and O–H groups in total. The van der Waals surface area contributed by atoms with Crippen LogP contribution in [0, 0.1) is 13.8 Å². The number of aryl methyl sites for hydroxylation is 1. The molecule has 134 valence electrons. The number of amides is 1. The van der Waals surface area contributed by atoms with E-state index in [9.17, 15) is 4.79 Å². The van der Waals surface area contributed by atoms with Gasteiger partial charge in [0.15, 0.2) is 0 Å². The Hall–Kier alpha value is -2.95. The van der Waals surface area contributed by atoms with Crippen LogP contribution in [0.1, 0.15) is 22.4 Å². The average Bonchev–Trinajstić information content (AvgIpc) is 2.64. The standard InChI is InChI=1S/C21H23N3O2/c1-14-12-23-18(15(2)21(14)26-4)13-24(3)19(25)11-17-8-5-7-16-9-6-10-22-20(16)17/h5-10,12H,11,13H2,1-4H3. The highest BCUT2D eigenvalue weighted by Crippen LogP contribution is 2.25. The normalized spacial score (nSPS) is 10.8. The molecule has 0 fully saturated rings. The first-order chi connectivity index (χ1) is 12.5. The van der Waals surface area contributed by atoms with Crippen LogP contribution in [0.2, 0.25) is 0 Å². The van der Waals surface area contributed by atoms with Gasteiger partial charge in [0, 0.05) is 36.0 Å². The number of methoxy groups -OCH3 is 1. The van der Waals surface area contributed by atoms with E-state index in [0.29, 0.717) is 13.0 Å². The summed E-state index contributed by atoms with van der Waals surface area (Å²) in [5, 5.41) is 1.04. The summed E-state index contributed by atoms with van der Waals surface area (Å²) in [7, 11) is 3.45. The van der Waals surface area contributed by atoms with Gasteiger partial charge in [-0.3, -0.25) is 14.8 Å². The van der Waals surface area contributed by atoms with Gasteiger partial charge in [-0.25, -0.2) is 0 Å². The summed E-state index contributed by atoms with van der Waals surface area (Å²) >= 11 is 0. The van der Waals surface area contributed by atoms with E-state index < -0.39 is 0 Å². The number of fused-ring (bicyclic) bond motifs is 1. The Morgan fingerprint density at radius 3 is 2.69 bits per heavy atom. The van der Waals surface area contributed by atoms with Gasteiger partial charge in [0.2, 0.25) is 5.91 Å². The summed E-state index contributed by atoms with van der Waals surface area (Å²) in [6.07, 6.45) is 3.85. The molecule has 26 heavy (non-hydrogen) atoms. The first kappa shape index (κ1) is 17.9. The Kier molecular flexibility index (Phi) is 5.16. The maximum Gasteiger partial charge on any atom is 0.227 e. The molecule has 0 saturated carbocycles. The maximum atomic E-state index is 12.7. The van der Waals surface area contributed by atoms with E-state index in [1.165, 1.54) is 0 Å². The number of nitrogens with zero attached hydrogens (tertiary/aromatic N) is 3. The zero-order valence-electron chi connectivity index (χ0n) is 15.6. The lowest BCUT2D eigenvalue weighted by Gasteiger charge is -2.20. The summed E-state index contributed by atoms with van der Waals surface area (Å²) < 4.78 is 5.45. The number of benzene rings is 1. The van der Waals surface area contributed by atoms with Gasteiger partial charge in [0.25, 0.3) is 0 Å². The van der Waals surface area contributed by atoms with E-state index in [1.807, 2.05) is 44.2 Å². The molecule has 0 spiro atoms. The Balaban J connectivity index is 1.78. The average molecular weight is 349 g/mol. The minimum Gasteiger partial charge on any atom is -0.496 e. The Morgan fingerprint density at radius 2 is 1.92 bits per heavy atom. The molecule has 0 aliphatic rings. The van der Waals surface area contributed by atoms with Crippen molar-refractivity contribution in [3.63, 3.8) is 0 Å². The number of rotatable bonds is 5. The monoisotopic (exact) mass is 349 g/mol. The van der Waals surface area contributed by atoms with Crippen LogP contribution in [0.4, 0.5) is 0 Å². The number of hydrogen-bond acceptors (Lipinski definition) is 4. The molecule has 1 aromatic carbocycles. The SMILES string of the molecule is COc1c(C)cnc(CN(C)C(=O)Cc2cccc3cccnc23)c1C. The zero-order chi connectivity index (χ0) is 18.7. The molecule has 0 radical (unpaired) electrons. The molecule has 0 unspecified atom stereocenters. The zero-order valence-corrected chi connectivity index (χ0v) is 15.6. The van der Waals surface area contributed by atoms with Crippen LogP contribution >= 0.6 is 0 Å². The highest BCUT2D eigenvalue weighted by molar-refractivity contribution is 5.87. The lowest BCUT2D eigenvalue weighted by atomic mass is 10.1. The summed E-state index contributed by atoms with van der Waals surface area (Å²) in [5.41, 5.74) is 4.62. The van der Waals surface area contributed by atoms with E-state index in [4.69, 9.17) is 4.74 Å². The van der Waals surface area contributed by atoms with E-state index in [0.717, 1.165) is 39.0 Å². The molecule has 3 rings (SSSR count). The van der Waals surface area contributed by atoms with Gasteiger partial charge in [-0.1, -0.05) is 24.3 Å². The fourth-order valence-corrected chi connectivity index (χ4v) is 3.15. The van der Waals surface area contributed by atoms with Gasteiger partial charge in [-0.05, 0) is 25.5 Å². The molecule has 2 aromatic heterocycles.